The third kappa shape index (κ3) is 3.84. The summed E-state index contributed by atoms with van der Waals surface area (Å²) in [4.78, 5) is 11.1. The molecule has 4 nitrogen and oxygen atoms in total. The fraction of sp³-hybridized carbons (Fsp3) is 0.286. The van der Waals surface area contributed by atoms with E-state index in [1.165, 1.54) is 7.11 Å². The van der Waals surface area contributed by atoms with E-state index in [2.05, 4.69) is 11.8 Å². The van der Waals surface area contributed by atoms with Crippen LogP contribution < -0.4 is 4.74 Å². The van der Waals surface area contributed by atoms with Crippen LogP contribution in [0.1, 0.15) is 24.5 Å². The third-order valence-electron chi connectivity index (χ3n) is 2.09. The van der Waals surface area contributed by atoms with Crippen molar-refractivity contribution >= 4 is 5.97 Å². The van der Waals surface area contributed by atoms with Crippen LogP contribution in [0.2, 0.25) is 0 Å². The van der Waals surface area contributed by atoms with Crippen LogP contribution in [0.4, 0.5) is 0 Å². The molecule has 0 saturated heterocycles. The summed E-state index contributed by atoms with van der Waals surface area (Å²) in [7, 11) is 1.49. The predicted octanol–water partition coefficient (Wildman–Crippen LogP) is 1.87. The van der Waals surface area contributed by atoms with Crippen molar-refractivity contribution in [1.29, 1.82) is 5.26 Å². The molecule has 0 aromatic heterocycles. The number of hydrogen-bond donors (Lipinski definition) is 0. The highest BCUT2D eigenvalue weighted by atomic mass is 16.5. The largest absolute Gasteiger partial charge is 0.495 e. The Morgan fingerprint density at radius 3 is 2.83 bits per heavy atom. The standard InChI is InChI=1S/C14H13NO3/c1-3-18-14(16)6-4-5-11-7-8-12(10-15)13(9-11)17-2/h7-9H,3,6H2,1-2H3. The maximum Gasteiger partial charge on any atom is 0.317 e. The number of hydrogen-bond acceptors (Lipinski definition) is 4. The molecule has 0 fully saturated rings. The summed E-state index contributed by atoms with van der Waals surface area (Å²) in [5.41, 5.74) is 1.14. The minimum atomic E-state index is -0.342. The van der Waals surface area contributed by atoms with Crippen molar-refractivity contribution in [3.8, 4) is 23.7 Å². The Kier molecular flexibility index (Phi) is 5.28. The van der Waals surface area contributed by atoms with Crippen LogP contribution in [0.3, 0.4) is 0 Å². The van der Waals surface area contributed by atoms with Crippen molar-refractivity contribution in [2.75, 3.05) is 13.7 Å². The lowest BCUT2D eigenvalue weighted by Crippen LogP contribution is -2.01. The molecular formula is C14H13NO3. The Balaban J connectivity index is 2.78. The first-order chi connectivity index (χ1) is 8.71. The molecule has 0 N–H and O–H groups in total. The van der Waals surface area contributed by atoms with Gasteiger partial charge in [0.2, 0.25) is 0 Å². The van der Waals surface area contributed by atoms with Gasteiger partial charge in [-0.2, -0.15) is 5.26 Å². The molecule has 1 aromatic carbocycles. The minimum Gasteiger partial charge on any atom is -0.495 e. The number of methoxy groups -OCH3 is 1. The van der Waals surface area contributed by atoms with E-state index in [1.54, 1.807) is 25.1 Å². The first-order valence-corrected chi connectivity index (χ1v) is 5.44. The normalized spacial score (nSPS) is 8.72. The Morgan fingerprint density at radius 1 is 1.44 bits per heavy atom. The molecule has 92 valence electrons. The van der Waals surface area contributed by atoms with Crippen LogP contribution in [0.15, 0.2) is 18.2 Å². The number of ether oxygens (including phenoxy) is 2. The second kappa shape index (κ2) is 6.98. The van der Waals surface area contributed by atoms with Gasteiger partial charge in [0, 0.05) is 5.56 Å². The summed E-state index contributed by atoms with van der Waals surface area (Å²) in [6, 6.07) is 7.02. The molecule has 4 heteroatoms. The molecule has 0 saturated carbocycles. The van der Waals surface area contributed by atoms with Gasteiger partial charge >= 0.3 is 5.97 Å². The summed E-state index contributed by atoms with van der Waals surface area (Å²) in [5, 5.41) is 8.82. The molecule has 0 bridgehead atoms. The number of nitriles is 1. The average Bonchev–Trinajstić information content (AvgIpc) is 2.38. The first-order valence-electron chi connectivity index (χ1n) is 5.44. The minimum absolute atomic E-state index is 0.0517. The molecule has 0 aliphatic heterocycles. The second-order valence-electron chi connectivity index (χ2n) is 3.31. The Hall–Kier alpha value is -2.46. The highest BCUT2D eigenvalue weighted by molar-refractivity contribution is 5.72. The second-order valence-corrected chi connectivity index (χ2v) is 3.31. The zero-order chi connectivity index (χ0) is 13.4. The lowest BCUT2D eigenvalue weighted by molar-refractivity contribution is -0.141. The van der Waals surface area contributed by atoms with E-state index >= 15 is 0 Å². The fourth-order valence-electron chi connectivity index (χ4n) is 1.29. The number of esters is 1. The van der Waals surface area contributed by atoms with Gasteiger partial charge in [-0.15, -0.1) is 0 Å². The molecule has 0 aliphatic carbocycles. The van der Waals surface area contributed by atoms with E-state index in [0.717, 1.165) is 0 Å². The molecule has 18 heavy (non-hydrogen) atoms. The van der Waals surface area contributed by atoms with Gasteiger partial charge in [-0.1, -0.05) is 11.8 Å². The molecule has 0 unspecified atom stereocenters. The van der Waals surface area contributed by atoms with Crippen LogP contribution in [0.25, 0.3) is 0 Å². The molecule has 0 heterocycles. The van der Waals surface area contributed by atoms with Gasteiger partial charge in [0.05, 0.1) is 19.3 Å². The van der Waals surface area contributed by atoms with Crippen LogP contribution in [-0.2, 0) is 9.53 Å². The SMILES string of the molecule is CCOC(=O)CC#Cc1ccc(C#N)c(OC)c1. The lowest BCUT2D eigenvalue weighted by Gasteiger charge is -2.01. The molecular weight excluding hydrogens is 230 g/mol. The van der Waals surface area contributed by atoms with Crippen LogP contribution in [0, 0.1) is 23.2 Å². The van der Waals surface area contributed by atoms with Gasteiger partial charge in [0.1, 0.15) is 18.2 Å². The van der Waals surface area contributed by atoms with E-state index in [4.69, 9.17) is 14.7 Å². The predicted molar refractivity (Wildman–Crippen MR) is 65.8 cm³/mol. The monoisotopic (exact) mass is 243 g/mol. The topological polar surface area (TPSA) is 59.3 Å². The molecule has 0 spiro atoms. The number of carbonyl (C=O) groups excluding carboxylic acids is 1. The van der Waals surface area contributed by atoms with Crippen molar-refractivity contribution in [2.45, 2.75) is 13.3 Å². The Bertz CT molecular complexity index is 532. The van der Waals surface area contributed by atoms with Crippen molar-refractivity contribution < 1.29 is 14.3 Å². The third-order valence-corrected chi connectivity index (χ3v) is 2.09. The van der Waals surface area contributed by atoms with Gasteiger partial charge in [0.15, 0.2) is 0 Å². The van der Waals surface area contributed by atoms with Crippen molar-refractivity contribution in [2.24, 2.45) is 0 Å². The van der Waals surface area contributed by atoms with Gasteiger partial charge in [-0.05, 0) is 25.1 Å². The summed E-state index contributed by atoms with van der Waals surface area (Å²) in [6.07, 6.45) is 0.0517. The van der Waals surface area contributed by atoms with Gasteiger partial charge in [0.25, 0.3) is 0 Å². The number of benzene rings is 1. The number of rotatable bonds is 3. The zero-order valence-corrected chi connectivity index (χ0v) is 10.3. The molecule has 0 radical (unpaired) electrons. The van der Waals surface area contributed by atoms with Crippen molar-refractivity contribution in [3.05, 3.63) is 29.3 Å². The molecule has 1 rings (SSSR count). The van der Waals surface area contributed by atoms with E-state index in [1.807, 2.05) is 6.07 Å². The van der Waals surface area contributed by atoms with Gasteiger partial charge in [-0.3, -0.25) is 4.79 Å². The molecule has 0 aliphatic rings. The lowest BCUT2D eigenvalue weighted by atomic mass is 10.1. The maximum atomic E-state index is 11.1. The van der Waals surface area contributed by atoms with Gasteiger partial charge in [-0.25, -0.2) is 0 Å². The number of carbonyl (C=O) groups is 1. The molecule has 0 atom stereocenters. The molecule has 1 aromatic rings. The van der Waals surface area contributed by atoms with Crippen LogP contribution >= 0.6 is 0 Å². The van der Waals surface area contributed by atoms with Crippen LogP contribution in [-0.4, -0.2) is 19.7 Å². The Morgan fingerprint density at radius 2 is 2.22 bits per heavy atom. The van der Waals surface area contributed by atoms with E-state index in [9.17, 15) is 4.79 Å². The van der Waals surface area contributed by atoms with Crippen LogP contribution in [0.5, 0.6) is 5.75 Å². The average molecular weight is 243 g/mol. The van der Waals surface area contributed by atoms with E-state index in [-0.39, 0.29) is 12.4 Å². The summed E-state index contributed by atoms with van der Waals surface area (Å²) < 4.78 is 9.81. The zero-order valence-electron chi connectivity index (χ0n) is 10.3. The highest BCUT2D eigenvalue weighted by Crippen LogP contribution is 2.18. The Labute approximate surface area is 106 Å². The maximum absolute atomic E-state index is 11.1. The summed E-state index contributed by atoms with van der Waals surface area (Å²) in [5.74, 6) is 5.66. The summed E-state index contributed by atoms with van der Waals surface area (Å²) >= 11 is 0. The quantitative estimate of drug-likeness (QED) is 0.600. The van der Waals surface area contributed by atoms with Gasteiger partial charge < -0.3 is 9.47 Å². The first kappa shape index (κ1) is 13.6. The molecule has 0 amide bonds. The highest BCUT2D eigenvalue weighted by Gasteiger charge is 2.02. The van der Waals surface area contributed by atoms with E-state index in [0.29, 0.717) is 23.5 Å². The van der Waals surface area contributed by atoms with E-state index < -0.39 is 0 Å². The fourth-order valence-corrected chi connectivity index (χ4v) is 1.29. The van der Waals surface area contributed by atoms with Crippen molar-refractivity contribution in [3.63, 3.8) is 0 Å². The summed E-state index contributed by atoms with van der Waals surface area (Å²) in [6.45, 7) is 2.10. The smallest absolute Gasteiger partial charge is 0.317 e. The van der Waals surface area contributed by atoms with Crippen molar-refractivity contribution in [1.82, 2.24) is 0 Å². The number of nitrogens with zero attached hydrogens (tertiary/aromatic N) is 1.